The van der Waals surface area contributed by atoms with Gasteiger partial charge < -0.3 is 20.3 Å². The minimum atomic E-state index is -4.75. The standard InChI is InChI=1S/C18H16F3N3O3S/c1-2-12-7-8-13(28-12)15-14(16(22)27-24-15)17(25)23-9-10-3-5-11(6-4-10)26-18(19,20)21/h3-8H,2,9,22H2,1H3,(H,23,25). The smallest absolute Gasteiger partial charge is 0.406 e. The van der Waals surface area contributed by atoms with Gasteiger partial charge in [0, 0.05) is 11.4 Å². The number of carbonyl (C=O) groups is 1. The number of thiophene rings is 1. The van der Waals surface area contributed by atoms with E-state index in [2.05, 4.69) is 15.2 Å². The highest BCUT2D eigenvalue weighted by Crippen LogP contribution is 2.32. The second-order valence-corrected chi connectivity index (χ2v) is 6.93. The summed E-state index contributed by atoms with van der Waals surface area (Å²) < 4.78 is 45.4. The Balaban J connectivity index is 1.69. The van der Waals surface area contributed by atoms with E-state index in [4.69, 9.17) is 10.3 Å². The van der Waals surface area contributed by atoms with Crippen molar-refractivity contribution in [2.75, 3.05) is 5.73 Å². The molecule has 10 heteroatoms. The van der Waals surface area contributed by atoms with Crippen LogP contribution in [0.2, 0.25) is 0 Å². The molecule has 0 aliphatic carbocycles. The molecule has 3 rings (SSSR count). The quantitative estimate of drug-likeness (QED) is 0.628. The number of rotatable bonds is 6. The van der Waals surface area contributed by atoms with Crippen LogP contribution in [-0.2, 0) is 13.0 Å². The maximum Gasteiger partial charge on any atom is 0.573 e. The van der Waals surface area contributed by atoms with Crippen LogP contribution in [0.25, 0.3) is 10.6 Å². The number of anilines is 1. The molecule has 0 saturated carbocycles. The number of amides is 1. The fourth-order valence-corrected chi connectivity index (χ4v) is 3.40. The Kier molecular flexibility index (Phi) is 5.59. The summed E-state index contributed by atoms with van der Waals surface area (Å²) in [4.78, 5) is 14.5. The Hall–Kier alpha value is -3.01. The maximum atomic E-state index is 12.6. The Bertz CT molecular complexity index is 965. The molecule has 0 fully saturated rings. The zero-order valence-electron chi connectivity index (χ0n) is 14.7. The van der Waals surface area contributed by atoms with Crippen LogP contribution in [0.15, 0.2) is 40.9 Å². The monoisotopic (exact) mass is 411 g/mol. The van der Waals surface area contributed by atoms with Crippen LogP contribution in [0.3, 0.4) is 0 Å². The molecule has 0 radical (unpaired) electrons. The van der Waals surface area contributed by atoms with Gasteiger partial charge in [0.15, 0.2) is 0 Å². The number of nitrogens with two attached hydrogens (primary N) is 1. The first-order chi connectivity index (χ1) is 13.3. The summed E-state index contributed by atoms with van der Waals surface area (Å²) in [6.07, 6.45) is -3.90. The molecule has 0 spiro atoms. The number of hydrogen-bond donors (Lipinski definition) is 2. The molecular weight excluding hydrogens is 395 g/mol. The van der Waals surface area contributed by atoms with E-state index in [0.717, 1.165) is 16.2 Å². The van der Waals surface area contributed by atoms with E-state index >= 15 is 0 Å². The van der Waals surface area contributed by atoms with Crippen molar-refractivity contribution in [1.29, 1.82) is 0 Å². The summed E-state index contributed by atoms with van der Waals surface area (Å²) in [7, 11) is 0. The molecule has 2 aromatic heterocycles. The molecular formula is C18H16F3N3O3S. The zero-order chi connectivity index (χ0) is 20.3. The summed E-state index contributed by atoms with van der Waals surface area (Å²) >= 11 is 1.49. The Morgan fingerprint density at radius 3 is 2.57 bits per heavy atom. The highest BCUT2D eigenvalue weighted by atomic mass is 32.1. The van der Waals surface area contributed by atoms with Crippen molar-refractivity contribution in [3.05, 3.63) is 52.4 Å². The van der Waals surface area contributed by atoms with Gasteiger partial charge in [0.1, 0.15) is 17.0 Å². The maximum absolute atomic E-state index is 12.6. The lowest BCUT2D eigenvalue weighted by Crippen LogP contribution is -2.23. The number of aromatic nitrogens is 1. The highest BCUT2D eigenvalue weighted by molar-refractivity contribution is 7.15. The van der Waals surface area contributed by atoms with E-state index in [1.807, 2.05) is 19.1 Å². The third-order valence-corrected chi connectivity index (χ3v) is 5.04. The van der Waals surface area contributed by atoms with Crippen molar-refractivity contribution in [3.8, 4) is 16.3 Å². The lowest BCUT2D eigenvalue weighted by atomic mass is 10.1. The van der Waals surface area contributed by atoms with Gasteiger partial charge in [-0.25, -0.2) is 0 Å². The third-order valence-electron chi connectivity index (χ3n) is 3.80. The van der Waals surface area contributed by atoms with Crippen molar-refractivity contribution < 1.29 is 27.2 Å². The Morgan fingerprint density at radius 2 is 1.96 bits per heavy atom. The highest BCUT2D eigenvalue weighted by Gasteiger charge is 2.31. The summed E-state index contributed by atoms with van der Waals surface area (Å²) in [6.45, 7) is 2.10. The van der Waals surface area contributed by atoms with Gasteiger partial charge in [-0.05, 0) is 36.2 Å². The van der Waals surface area contributed by atoms with Crippen molar-refractivity contribution in [2.24, 2.45) is 0 Å². The fourth-order valence-electron chi connectivity index (χ4n) is 2.47. The van der Waals surface area contributed by atoms with Crippen LogP contribution >= 0.6 is 11.3 Å². The predicted molar refractivity (Wildman–Crippen MR) is 97.9 cm³/mol. The molecule has 3 N–H and O–H groups in total. The van der Waals surface area contributed by atoms with Crippen molar-refractivity contribution in [2.45, 2.75) is 26.3 Å². The van der Waals surface area contributed by atoms with Gasteiger partial charge >= 0.3 is 6.36 Å². The average molecular weight is 411 g/mol. The number of aryl methyl sites for hydroxylation is 1. The number of ether oxygens (including phenoxy) is 1. The van der Waals surface area contributed by atoms with E-state index < -0.39 is 12.3 Å². The van der Waals surface area contributed by atoms with Crippen molar-refractivity contribution in [1.82, 2.24) is 10.5 Å². The van der Waals surface area contributed by atoms with E-state index in [1.54, 1.807) is 0 Å². The number of hydrogen-bond acceptors (Lipinski definition) is 6. The largest absolute Gasteiger partial charge is 0.573 e. The molecule has 0 atom stereocenters. The first kappa shape index (κ1) is 19.7. The summed E-state index contributed by atoms with van der Waals surface area (Å²) in [6, 6.07) is 8.98. The topological polar surface area (TPSA) is 90.4 Å². The van der Waals surface area contributed by atoms with Crippen LogP contribution in [0, 0.1) is 0 Å². The van der Waals surface area contributed by atoms with Crippen molar-refractivity contribution >= 4 is 23.1 Å². The lowest BCUT2D eigenvalue weighted by molar-refractivity contribution is -0.274. The minimum absolute atomic E-state index is 0.0832. The number of alkyl halides is 3. The van der Waals surface area contributed by atoms with Crippen LogP contribution in [0.1, 0.15) is 27.7 Å². The minimum Gasteiger partial charge on any atom is -0.406 e. The van der Waals surface area contributed by atoms with Gasteiger partial charge in [0.2, 0.25) is 5.88 Å². The molecule has 1 amide bonds. The van der Waals surface area contributed by atoms with Gasteiger partial charge in [-0.2, -0.15) is 0 Å². The van der Waals surface area contributed by atoms with Gasteiger partial charge in [-0.3, -0.25) is 4.79 Å². The van der Waals surface area contributed by atoms with E-state index in [-0.39, 0.29) is 23.7 Å². The predicted octanol–water partition coefficient (Wildman–Crippen LogP) is 4.38. The molecule has 0 aliphatic heterocycles. The molecule has 3 aromatic rings. The van der Waals surface area contributed by atoms with Gasteiger partial charge in [0.25, 0.3) is 5.91 Å². The number of nitrogens with zero attached hydrogens (tertiary/aromatic N) is 1. The van der Waals surface area contributed by atoms with Gasteiger partial charge in [-0.15, -0.1) is 24.5 Å². The number of nitrogen functional groups attached to an aromatic ring is 1. The molecule has 6 nitrogen and oxygen atoms in total. The van der Waals surface area contributed by atoms with E-state index in [1.165, 1.54) is 35.6 Å². The van der Waals surface area contributed by atoms with Crippen LogP contribution in [0.5, 0.6) is 5.75 Å². The Labute approximate surface area is 162 Å². The van der Waals surface area contributed by atoms with E-state index in [9.17, 15) is 18.0 Å². The van der Waals surface area contributed by atoms with E-state index in [0.29, 0.717) is 11.3 Å². The molecule has 0 aliphatic rings. The fraction of sp³-hybridized carbons (Fsp3) is 0.222. The third kappa shape index (κ3) is 4.63. The average Bonchev–Trinajstić information content (AvgIpc) is 3.26. The molecule has 0 saturated heterocycles. The molecule has 148 valence electrons. The normalized spacial score (nSPS) is 11.4. The second-order valence-electron chi connectivity index (χ2n) is 5.76. The summed E-state index contributed by atoms with van der Waals surface area (Å²) in [5.41, 5.74) is 6.83. The van der Waals surface area contributed by atoms with Gasteiger partial charge in [-0.1, -0.05) is 24.2 Å². The first-order valence-electron chi connectivity index (χ1n) is 8.24. The summed E-state index contributed by atoms with van der Waals surface area (Å²) in [5.74, 6) is -0.929. The van der Waals surface area contributed by atoms with Crippen LogP contribution < -0.4 is 15.8 Å². The second kappa shape index (κ2) is 7.93. The number of nitrogens with one attached hydrogen (secondary N) is 1. The number of benzene rings is 1. The number of carbonyl (C=O) groups excluding carboxylic acids is 1. The Morgan fingerprint density at radius 1 is 1.25 bits per heavy atom. The molecule has 0 bridgehead atoms. The van der Waals surface area contributed by atoms with Gasteiger partial charge in [0.05, 0.1) is 4.88 Å². The lowest BCUT2D eigenvalue weighted by Gasteiger charge is -2.09. The van der Waals surface area contributed by atoms with Crippen LogP contribution in [0.4, 0.5) is 19.1 Å². The zero-order valence-corrected chi connectivity index (χ0v) is 15.5. The summed E-state index contributed by atoms with van der Waals surface area (Å²) in [5, 5.41) is 6.55. The molecule has 28 heavy (non-hydrogen) atoms. The van der Waals surface area contributed by atoms with Crippen LogP contribution in [-0.4, -0.2) is 17.4 Å². The van der Waals surface area contributed by atoms with Crippen molar-refractivity contribution in [3.63, 3.8) is 0 Å². The molecule has 2 heterocycles. The SMILES string of the molecule is CCc1ccc(-c2noc(N)c2C(=O)NCc2ccc(OC(F)(F)F)cc2)s1. The first-order valence-corrected chi connectivity index (χ1v) is 9.05. The number of halogens is 3. The molecule has 1 aromatic carbocycles. The molecule has 0 unspecified atom stereocenters.